The van der Waals surface area contributed by atoms with Crippen LogP contribution in [0.25, 0.3) is 5.65 Å². The number of benzene rings is 1. The molecule has 0 spiro atoms. The third-order valence-electron chi connectivity index (χ3n) is 4.65. The number of alkyl halides is 3. The molecule has 7 nitrogen and oxygen atoms in total. The molecule has 2 heterocycles. The predicted molar refractivity (Wildman–Crippen MR) is 103 cm³/mol. The van der Waals surface area contributed by atoms with Crippen LogP contribution in [0.1, 0.15) is 41.6 Å². The molecule has 3 aromatic rings. The van der Waals surface area contributed by atoms with Crippen LogP contribution in [0.5, 0.6) is 11.5 Å². The number of pyridine rings is 1. The fourth-order valence-corrected chi connectivity index (χ4v) is 3.10. The molecule has 3 rings (SSSR count). The summed E-state index contributed by atoms with van der Waals surface area (Å²) in [5.74, 6) is 0.385. The number of nitrogens with zero attached hydrogens (tertiary/aromatic N) is 3. The summed E-state index contributed by atoms with van der Waals surface area (Å²) in [5, 5.41) is 10.5. The minimum atomic E-state index is -4.57. The number of hydrogen-bond donors (Lipinski definition) is 1. The first-order valence-corrected chi connectivity index (χ1v) is 9.11. The van der Waals surface area contributed by atoms with Crippen LogP contribution in [-0.2, 0) is 6.18 Å². The standard InChI is InChI=1S/C20H21F3N4O3/c1-11(2)16(24-19(28)13-8-7-12(29-3)10-15(13)30-4)18-26-25-17-14(20(21,22)23)6-5-9-27(17)18/h5-11,16H,1-4H3,(H,24,28)/t16-/m0/s1. The summed E-state index contributed by atoms with van der Waals surface area (Å²) in [6.45, 7) is 3.65. The van der Waals surface area contributed by atoms with Gasteiger partial charge in [-0.25, -0.2) is 0 Å². The van der Waals surface area contributed by atoms with Gasteiger partial charge in [0, 0.05) is 12.3 Å². The normalized spacial score (nSPS) is 12.8. The zero-order valence-corrected chi connectivity index (χ0v) is 16.8. The van der Waals surface area contributed by atoms with Gasteiger partial charge in [0.25, 0.3) is 5.91 Å². The van der Waals surface area contributed by atoms with E-state index < -0.39 is 23.7 Å². The fraction of sp³-hybridized carbons (Fsp3) is 0.350. The Balaban J connectivity index is 1.99. The molecule has 30 heavy (non-hydrogen) atoms. The van der Waals surface area contributed by atoms with Gasteiger partial charge in [-0.15, -0.1) is 10.2 Å². The van der Waals surface area contributed by atoms with E-state index in [0.717, 1.165) is 6.07 Å². The molecule has 1 amide bonds. The van der Waals surface area contributed by atoms with Crippen LogP contribution in [0.15, 0.2) is 36.5 Å². The highest BCUT2D eigenvalue weighted by atomic mass is 19.4. The van der Waals surface area contributed by atoms with Crippen molar-refractivity contribution in [2.75, 3.05) is 14.2 Å². The summed E-state index contributed by atoms with van der Waals surface area (Å²) >= 11 is 0. The molecule has 2 aromatic heterocycles. The molecule has 0 fully saturated rings. The maximum absolute atomic E-state index is 13.3. The van der Waals surface area contributed by atoms with Gasteiger partial charge in [-0.2, -0.15) is 13.2 Å². The van der Waals surface area contributed by atoms with Gasteiger partial charge in [0.1, 0.15) is 17.1 Å². The molecule has 0 bridgehead atoms. The molecule has 0 saturated heterocycles. The molecular weight excluding hydrogens is 401 g/mol. The largest absolute Gasteiger partial charge is 0.497 e. The van der Waals surface area contributed by atoms with E-state index in [1.807, 2.05) is 13.8 Å². The monoisotopic (exact) mass is 422 g/mol. The molecule has 1 atom stereocenters. The highest BCUT2D eigenvalue weighted by Gasteiger charge is 2.35. The number of aromatic nitrogens is 3. The number of carbonyl (C=O) groups is 1. The van der Waals surface area contributed by atoms with Crippen LogP contribution in [0, 0.1) is 5.92 Å². The summed E-state index contributed by atoms with van der Waals surface area (Å²) in [6, 6.07) is 6.26. The Morgan fingerprint density at radius 2 is 1.87 bits per heavy atom. The van der Waals surface area contributed by atoms with E-state index in [4.69, 9.17) is 9.47 Å². The van der Waals surface area contributed by atoms with Crippen molar-refractivity contribution in [2.45, 2.75) is 26.1 Å². The van der Waals surface area contributed by atoms with Crippen molar-refractivity contribution >= 4 is 11.6 Å². The average molecular weight is 422 g/mol. The highest BCUT2D eigenvalue weighted by Crippen LogP contribution is 2.33. The number of carbonyl (C=O) groups excluding carboxylic acids is 1. The van der Waals surface area contributed by atoms with E-state index in [0.29, 0.717) is 11.5 Å². The predicted octanol–water partition coefficient (Wildman–Crippen LogP) is 3.89. The van der Waals surface area contributed by atoms with E-state index >= 15 is 0 Å². The molecule has 0 unspecified atom stereocenters. The molecule has 0 aliphatic carbocycles. The van der Waals surface area contributed by atoms with Crippen molar-refractivity contribution < 1.29 is 27.4 Å². The van der Waals surface area contributed by atoms with Crippen LogP contribution in [0.3, 0.4) is 0 Å². The SMILES string of the molecule is COc1ccc(C(=O)N[C@H](c2nnc3c(C(F)(F)F)cccn23)C(C)C)c(OC)c1. The third kappa shape index (κ3) is 4.03. The Labute approximate surface area is 170 Å². The van der Waals surface area contributed by atoms with Gasteiger partial charge < -0.3 is 14.8 Å². The molecule has 0 radical (unpaired) electrons. The first kappa shape index (κ1) is 21.4. The quantitative estimate of drug-likeness (QED) is 0.652. The van der Waals surface area contributed by atoms with Gasteiger partial charge in [-0.05, 0) is 30.2 Å². The molecule has 0 saturated carbocycles. The van der Waals surface area contributed by atoms with Crippen LogP contribution in [-0.4, -0.2) is 34.7 Å². The summed E-state index contributed by atoms with van der Waals surface area (Å²) in [4.78, 5) is 12.9. The molecular formula is C20H21F3N4O3. The summed E-state index contributed by atoms with van der Waals surface area (Å²) < 4.78 is 51.5. The molecule has 0 aliphatic rings. The Hall–Kier alpha value is -3.30. The van der Waals surface area contributed by atoms with Gasteiger partial charge in [-0.3, -0.25) is 9.20 Å². The number of fused-ring (bicyclic) bond motifs is 1. The second-order valence-electron chi connectivity index (χ2n) is 6.93. The zero-order chi connectivity index (χ0) is 22.1. The Bertz CT molecular complexity index is 1060. The summed E-state index contributed by atoms with van der Waals surface area (Å²) in [7, 11) is 2.92. The lowest BCUT2D eigenvalue weighted by Crippen LogP contribution is -2.33. The lowest BCUT2D eigenvalue weighted by atomic mass is 10.0. The van der Waals surface area contributed by atoms with Gasteiger partial charge in [-0.1, -0.05) is 13.8 Å². The van der Waals surface area contributed by atoms with Crippen molar-refractivity contribution in [3.8, 4) is 11.5 Å². The van der Waals surface area contributed by atoms with E-state index in [2.05, 4.69) is 15.5 Å². The number of ether oxygens (including phenoxy) is 2. The third-order valence-corrected chi connectivity index (χ3v) is 4.65. The molecule has 1 aromatic carbocycles. The number of amides is 1. The van der Waals surface area contributed by atoms with Gasteiger partial charge in [0.05, 0.1) is 25.8 Å². The molecule has 1 N–H and O–H groups in total. The van der Waals surface area contributed by atoms with Crippen LogP contribution in [0.2, 0.25) is 0 Å². The van der Waals surface area contributed by atoms with Gasteiger partial charge >= 0.3 is 6.18 Å². The lowest BCUT2D eigenvalue weighted by molar-refractivity contribution is -0.136. The first-order valence-electron chi connectivity index (χ1n) is 9.11. The van der Waals surface area contributed by atoms with E-state index in [-0.39, 0.29) is 23.0 Å². The lowest BCUT2D eigenvalue weighted by Gasteiger charge is -2.22. The van der Waals surface area contributed by atoms with E-state index in [1.165, 1.54) is 30.9 Å². The zero-order valence-electron chi connectivity index (χ0n) is 16.8. The van der Waals surface area contributed by atoms with Crippen molar-refractivity contribution in [1.29, 1.82) is 0 Å². The smallest absolute Gasteiger partial charge is 0.420 e. The number of hydrogen-bond acceptors (Lipinski definition) is 5. The van der Waals surface area contributed by atoms with Gasteiger partial charge in [0.15, 0.2) is 11.5 Å². The number of rotatable bonds is 6. The first-order chi connectivity index (χ1) is 14.2. The average Bonchev–Trinajstić information content (AvgIpc) is 3.14. The van der Waals surface area contributed by atoms with Crippen LogP contribution in [0.4, 0.5) is 13.2 Å². The molecule has 160 valence electrons. The van der Waals surface area contributed by atoms with Crippen LogP contribution < -0.4 is 14.8 Å². The van der Waals surface area contributed by atoms with Crippen LogP contribution >= 0.6 is 0 Å². The van der Waals surface area contributed by atoms with Crippen molar-refractivity contribution in [3.63, 3.8) is 0 Å². The summed E-state index contributed by atoms with van der Waals surface area (Å²) in [5.41, 5.74) is -0.954. The number of nitrogens with one attached hydrogen (secondary N) is 1. The van der Waals surface area contributed by atoms with Crippen molar-refractivity contribution in [3.05, 3.63) is 53.5 Å². The van der Waals surface area contributed by atoms with Crippen molar-refractivity contribution in [1.82, 2.24) is 19.9 Å². The maximum atomic E-state index is 13.3. The summed E-state index contributed by atoms with van der Waals surface area (Å²) in [6.07, 6.45) is -3.13. The number of halogens is 3. The minimum absolute atomic E-state index is 0.180. The highest BCUT2D eigenvalue weighted by molar-refractivity contribution is 5.97. The second-order valence-corrected chi connectivity index (χ2v) is 6.93. The number of methoxy groups -OCH3 is 2. The van der Waals surface area contributed by atoms with E-state index in [9.17, 15) is 18.0 Å². The maximum Gasteiger partial charge on any atom is 0.420 e. The topological polar surface area (TPSA) is 77.8 Å². The molecule has 0 aliphatic heterocycles. The van der Waals surface area contributed by atoms with Crippen molar-refractivity contribution in [2.24, 2.45) is 5.92 Å². The second kappa shape index (κ2) is 8.21. The Kier molecular flexibility index (Phi) is 5.86. The van der Waals surface area contributed by atoms with E-state index in [1.54, 1.807) is 18.2 Å². The van der Waals surface area contributed by atoms with Gasteiger partial charge in [0.2, 0.25) is 0 Å². The minimum Gasteiger partial charge on any atom is -0.497 e. The Morgan fingerprint density at radius 1 is 1.13 bits per heavy atom. The fourth-order valence-electron chi connectivity index (χ4n) is 3.10. The molecule has 10 heteroatoms. The Morgan fingerprint density at radius 3 is 2.47 bits per heavy atom.